The molecule has 0 spiro atoms. The van der Waals surface area contributed by atoms with Crippen LogP contribution in [0.4, 0.5) is 0 Å². The molecule has 1 atom stereocenters. The van der Waals surface area contributed by atoms with Crippen LogP contribution in [0.15, 0.2) is 194 Å². The number of benzene rings is 7. The van der Waals surface area contributed by atoms with E-state index >= 15 is 0 Å². The molecule has 0 fully saturated rings. The van der Waals surface area contributed by atoms with E-state index < -0.39 is 0 Å². The van der Waals surface area contributed by atoms with E-state index in [1.54, 1.807) is 0 Å². The van der Waals surface area contributed by atoms with E-state index in [0.717, 1.165) is 50.6 Å². The van der Waals surface area contributed by atoms with E-state index in [1.807, 2.05) is 60.0 Å². The van der Waals surface area contributed by atoms with E-state index in [2.05, 4.69) is 162 Å². The minimum atomic E-state index is 0.377. The van der Waals surface area contributed by atoms with Crippen molar-refractivity contribution in [1.82, 2.24) is 29.1 Å². The van der Waals surface area contributed by atoms with Crippen LogP contribution in [0.25, 0.3) is 121 Å². The number of nitrogens with zero attached hydrogens (tertiary/aromatic N) is 6. The van der Waals surface area contributed by atoms with Gasteiger partial charge in [-0.25, -0.2) is 4.98 Å². The Kier molecular flexibility index (Phi) is 8.33. The maximum Gasteiger partial charge on any atom is 0.238 e. The molecule has 5 aromatic heterocycles. The summed E-state index contributed by atoms with van der Waals surface area (Å²) in [6.45, 7) is 2.34. The van der Waals surface area contributed by atoms with Gasteiger partial charge in [-0.2, -0.15) is 9.97 Å². The van der Waals surface area contributed by atoms with Crippen molar-refractivity contribution in [3.63, 3.8) is 0 Å². The topological polar surface area (TPSA) is 61.4 Å². The molecule has 7 aromatic carbocycles. The quantitative estimate of drug-likeness (QED) is 0.167. The van der Waals surface area contributed by atoms with Gasteiger partial charge >= 0.3 is 0 Å². The molecule has 0 saturated carbocycles. The Morgan fingerprint density at radius 3 is 1.84 bits per heavy atom. The number of rotatable bonds is 6. The lowest BCUT2D eigenvalue weighted by Crippen LogP contribution is -2.07. The van der Waals surface area contributed by atoms with Gasteiger partial charge in [0, 0.05) is 76.2 Å². The smallest absolute Gasteiger partial charge is 0.238 e. The largest absolute Gasteiger partial charge is 0.313 e. The molecular formula is C57H38N6S. The zero-order valence-corrected chi connectivity index (χ0v) is 35.7. The summed E-state index contributed by atoms with van der Waals surface area (Å²) in [5, 5.41) is 7.04. The summed E-state index contributed by atoms with van der Waals surface area (Å²) < 4.78 is 7.25. The van der Waals surface area contributed by atoms with Crippen LogP contribution in [-0.4, -0.2) is 29.1 Å². The maximum absolute atomic E-state index is 5.35. The fourth-order valence-electron chi connectivity index (χ4n) is 9.81. The third kappa shape index (κ3) is 5.71. The lowest BCUT2D eigenvalue weighted by atomic mass is 9.98. The second-order valence-corrected chi connectivity index (χ2v) is 17.7. The van der Waals surface area contributed by atoms with E-state index in [-0.39, 0.29) is 0 Å². The van der Waals surface area contributed by atoms with Gasteiger partial charge in [-0.05, 0) is 54.0 Å². The molecule has 0 N–H and O–H groups in total. The molecule has 13 rings (SSSR count). The van der Waals surface area contributed by atoms with E-state index in [0.29, 0.717) is 23.5 Å². The van der Waals surface area contributed by atoms with Crippen molar-refractivity contribution < 1.29 is 0 Å². The van der Waals surface area contributed by atoms with Crippen molar-refractivity contribution >= 4 is 80.8 Å². The molecule has 0 radical (unpaired) electrons. The zero-order valence-electron chi connectivity index (χ0n) is 34.9. The number of pyridine rings is 1. The fraction of sp³-hybridized carbons (Fsp3) is 0.0526. The Balaban J connectivity index is 1.17. The number of allylic oxidation sites excluding steroid dienone is 4. The highest BCUT2D eigenvalue weighted by molar-refractivity contribution is 7.27. The maximum atomic E-state index is 5.35. The molecule has 0 aliphatic heterocycles. The number of hydrogen-bond acceptors (Lipinski definition) is 5. The average molecular weight is 839 g/mol. The average Bonchev–Trinajstić information content (AvgIpc) is 4.02. The minimum absolute atomic E-state index is 0.377. The highest BCUT2D eigenvalue weighted by atomic mass is 32.1. The molecule has 1 aliphatic rings. The first-order valence-corrected chi connectivity index (χ1v) is 22.6. The highest BCUT2D eigenvalue weighted by Gasteiger charge is 2.26. The fourth-order valence-corrected chi connectivity index (χ4v) is 11.1. The standard InChI is InChI=1S/C57H38N6S/c1-35-16-14-15-25-46(35)62-47-29-26-40(36-17-6-2-7-18-36)32-43(47)51-48(62)30-27-42-52-50(64-54(42)51)31-28-41-44-34-58-45(37-19-8-3-9-20-37)33-49(44)63(53(41)52)57-60-55(38-21-10-4-11-22-38)59-56(61-57)39-23-12-5-13-24-39/h2-15,17-35H,16H2,1H3. The molecular weight excluding hydrogens is 801 g/mol. The second-order valence-electron chi connectivity index (χ2n) is 16.7. The van der Waals surface area contributed by atoms with Crippen molar-refractivity contribution in [1.29, 1.82) is 0 Å². The summed E-state index contributed by atoms with van der Waals surface area (Å²) in [6.07, 6.45) is 9.83. The van der Waals surface area contributed by atoms with Crippen LogP contribution in [0.1, 0.15) is 13.3 Å². The Bertz CT molecular complexity index is 3810. The van der Waals surface area contributed by atoms with Gasteiger partial charge in [0.15, 0.2) is 11.6 Å². The Labute approximate surface area is 372 Å². The Morgan fingerprint density at radius 1 is 0.516 bits per heavy atom. The number of hydrogen-bond donors (Lipinski definition) is 0. The number of fused-ring (bicyclic) bond motifs is 11. The second kappa shape index (κ2) is 14.5. The summed E-state index contributed by atoms with van der Waals surface area (Å²) in [4.78, 5) is 20.9. The molecule has 0 saturated heterocycles. The monoisotopic (exact) mass is 838 g/mol. The van der Waals surface area contributed by atoms with Gasteiger partial charge in [0.05, 0.1) is 27.8 Å². The van der Waals surface area contributed by atoms with Crippen molar-refractivity contribution in [2.75, 3.05) is 0 Å². The predicted molar refractivity (Wildman–Crippen MR) is 267 cm³/mol. The molecule has 1 unspecified atom stereocenters. The Hall–Kier alpha value is -8.00. The molecule has 0 amide bonds. The van der Waals surface area contributed by atoms with Gasteiger partial charge in [-0.3, -0.25) is 9.55 Å². The van der Waals surface area contributed by atoms with E-state index in [1.165, 1.54) is 58.8 Å². The van der Waals surface area contributed by atoms with E-state index in [9.17, 15) is 0 Å². The highest BCUT2D eigenvalue weighted by Crippen LogP contribution is 2.48. The van der Waals surface area contributed by atoms with Gasteiger partial charge < -0.3 is 4.57 Å². The van der Waals surface area contributed by atoms with Crippen LogP contribution in [0.5, 0.6) is 0 Å². The summed E-state index contributed by atoms with van der Waals surface area (Å²) in [7, 11) is 0. The normalized spacial score (nSPS) is 14.1. The molecule has 5 heterocycles. The van der Waals surface area contributed by atoms with Gasteiger partial charge in [-0.15, -0.1) is 11.3 Å². The third-order valence-electron chi connectivity index (χ3n) is 12.9. The first-order valence-electron chi connectivity index (χ1n) is 21.8. The summed E-state index contributed by atoms with van der Waals surface area (Å²) in [5.74, 6) is 2.16. The zero-order chi connectivity index (χ0) is 42.3. The van der Waals surface area contributed by atoms with Crippen molar-refractivity contribution in [2.24, 2.45) is 5.92 Å². The van der Waals surface area contributed by atoms with Gasteiger partial charge in [0.25, 0.3) is 0 Å². The molecule has 12 aromatic rings. The van der Waals surface area contributed by atoms with Crippen LogP contribution < -0.4 is 0 Å². The lowest BCUT2D eigenvalue weighted by Gasteiger charge is -2.20. The predicted octanol–water partition coefficient (Wildman–Crippen LogP) is 14.9. The van der Waals surface area contributed by atoms with Crippen LogP contribution >= 0.6 is 11.3 Å². The molecule has 64 heavy (non-hydrogen) atoms. The van der Waals surface area contributed by atoms with Gasteiger partial charge in [0.1, 0.15) is 0 Å². The van der Waals surface area contributed by atoms with Gasteiger partial charge in [-0.1, -0.05) is 159 Å². The number of thiophene rings is 1. The van der Waals surface area contributed by atoms with Crippen molar-refractivity contribution in [3.8, 4) is 51.1 Å². The van der Waals surface area contributed by atoms with Crippen LogP contribution in [0.3, 0.4) is 0 Å². The molecule has 0 bridgehead atoms. The lowest BCUT2D eigenvalue weighted by molar-refractivity contribution is 0.725. The molecule has 7 heteroatoms. The minimum Gasteiger partial charge on any atom is -0.313 e. The van der Waals surface area contributed by atoms with Crippen LogP contribution in [-0.2, 0) is 0 Å². The number of aromatic nitrogens is 6. The first kappa shape index (κ1) is 36.6. The van der Waals surface area contributed by atoms with Crippen molar-refractivity contribution in [3.05, 3.63) is 194 Å². The summed E-state index contributed by atoms with van der Waals surface area (Å²) >= 11 is 1.87. The first-order chi connectivity index (χ1) is 31.7. The van der Waals surface area contributed by atoms with Crippen LogP contribution in [0.2, 0.25) is 0 Å². The van der Waals surface area contributed by atoms with Crippen molar-refractivity contribution in [2.45, 2.75) is 13.3 Å². The SMILES string of the molecule is CC1CC=CC=C1n1c2ccc(-c3ccccc3)cc2c2c3sc4ccc5c6cnc(-c7ccccc7)cc6n(-c6nc(-c7ccccc7)nc(-c7ccccc7)n6)c5c4c3ccc21. The van der Waals surface area contributed by atoms with E-state index in [4.69, 9.17) is 19.9 Å². The Morgan fingerprint density at radius 2 is 1.16 bits per heavy atom. The molecule has 1 aliphatic carbocycles. The van der Waals surface area contributed by atoms with Crippen LogP contribution in [0, 0.1) is 5.92 Å². The summed E-state index contributed by atoms with van der Waals surface area (Å²) in [6, 6.07) is 60.0. The molecule has 6 nitrogen and oxygen atoms in total. The van der Waals surface area contributed by atoms with Gasteiger partial charge in [0.2, 0.25) is 5.95 Å². The summed E-state index contributed by atoms with van der Waals surface area (Å²) in [5.41, 5.74) is 12.0. The molecule has 302 valence electrons. The third-order valence-corrected chi connectivity index (χ3v) is 14.0.